The molecule has 4 aliphatic heterocycles. The molecule has 0 aromatic heterocycles. The van der Waals surface area contributed by atoms with E-state index >= 15 is 0 Å². The Hall–Kier alpha value is -1.93. The zero-order valence-electron chi connectivity index (χ0n) is 16.8. The summed E-state index contributed by atoms with van der Waals surface area (Å²) in [7, 11) is 0. The second kappa shape index (κ2) is 7.96. The minimum Gasteiger partial charge on any atom is -0.379 e. The van der Waals surface area contributed by atoms with Crippen LogP contribution in [0.25, 0.3) is 0 Å². The summed E-state index contributed by atoms with van der Waals surface area (Å²) < 4.78 is 11.5. The first-order valence-electron chi connectivity index (χ1n) is 10.6. The normalized spacial score (nSPS) is 32.6. The molecule has 160 valence electrons. The van der Waals surface area contributed by atoms with Gasteiger partial charge in [0.25, 0.3) is 0 Å². The van der Waals surface area contributed by atoms with Gasteiger partial charge in [0.05, 0.1) is 37.7 Å². The van der Waals surface area contributed by atoms with Crippen LogP contribution in [-0.2, 0) is 19.1 Å². The Morgan fingerprint density at radius 1 is 1.23 bits per heavy atom. The molecule has 0 aliphatic carbocycles. The second-order valence-corrected chi connectivity index (χ2v) is 8.84. The number of halogens is 1. The van der Waals surface area contributed by atoms with E-state index in [1.807, 2.05) is 24.3 Å². The molecule has 3 fully saturated rings. The average Bonchev–Trinajstić information content (AvgIpc) is 3.41. The molecule has 5 rings (SSSR count). The number of anilines is 1. The van der Waals surface area contributed by atoms with Crippen LogP contribution in [0, 0.1) is 11.8 Å². The lowest BCUT2D eigenvalue weighted by Crippen LogP contribution is -2.45. The summed E-state index contributed by atoms with van der Waals surface area (Å²) in [5.74, 6) is -1.12. The molecule has 1 spiro atoms. The standard InChI is InChI=1S/C22H26ClN3O4/c23-15-2-4-16(5-3-15)26-14-22-7-6-17(30-22)18(19(22)21(26)28)20(27)24-8-1-9-25-10-12-29-13-11-25/h2-7,17-19H,1,8-14H2,(H,24,27)/t17-,18+,19+,22-/m1/s1. The number of hydrogen-bond acceptors (Lipinski definition) is 5. The van der Waals surface area contributed by atoms with Gasteiger partial charge in [-0.2, -0.15) is 0 Å². The summed E-state index contributed by atoms with van der Waals surface area (Å²) in [6, 6.07) is 7.19. The highest BCUT2D eigenvalue weighted by Crippen LogP contribution is 2.52. The van der Waals surface area contributed by atoms with Gasteiger partial charge in [-0.05, 0) is 37.2 Å². The predicted molar refractivity (Wildman–Crippen MR) is 112 cm³/mol. The molecule has 1 aromatic rings. The van der Waals surface area contributed by atoms with Gasteiger partial charge in [-0.25, -0.2) is 0 Å². The van der Waals surface area contributed by atoms with Crippen LogP contribution in [0.5, 0.6) is 0 Å². The molecule has 1 aromatic carbocycles. The Balaban J connectivity index is 1.23. The fourth-order valence-corrected chi connectivity index (χ4v) is 5.22. The van der Waals surface area contributed by atoms with Crippen molar-refractivity contribution >= 4 is 29.1 Å². The Kier molecular flexibility index (Phi) is 5.31. The Morgan fingerprint density at radius 2 is 2.00 bits per heavy atom. The number of nitrogens with zero attached hydrogens (tertiary/aromatic N) is 2. The summed E-state index contributed by atoms with van der Waals surface area (Å²) >= 11 is 5.99. The maximum absolute atomic E-state index is 13.3. The third-order valence-corrected chi connectivity index (χ3v) is 6.85. The van der Waals surface area contributed by atoms with Crippen molar-refractivity contribution in [3.05, 3.63) is 41.4 Å². The number of benzene rings is 1. The van der Waals surface area contributed by atoms with Gasteiger partial charge in [-0.3, -0.25) is 14.5 Å². The first-order valence-corrected chi connectivity index (χ1v) is 11.0. The number of morpholine rings is 1. The van der Waals surface area contributed by atoms with Crippen molar-refractivity contribution in [1.29, 1.82) is 0 Å². The van der Waals surface area contributed by atoms with E-state index < -0.39 is 17.4 Å². The summed E-state index contributed by atoms with van der Waals surface area (Å²) in [6.45, 7) is 5.38. The topological polar surface area (TPSA) is 71.1 Å². The van der Waals surface area contributed by atoms with E-state index in [9.17, 15) is 9.59 Å². The largest absolute Gasteiger partial charge is 0.379 e. The van der Waals surface area contributed by atoms with Crippen molar-refractivity contribution in [3.8, 4) is 0 Å². The molecule has 2 amide bonds. The number of ether oxygens (including phenoxy) is 2. The summed E-state index contributed by atoms with van der Waals surface area (Å²) in [5.41, 5.74) is 0.0651. The smallest absolute Gasteiger partial charge is 0.234 e. The van der Waals surface area contributed by atoms with Crippen LogP contribution in [-0.4, -0.2) is 74.4 Å². The van der Waals surface area contributed by atoms with E-state index in [2.05, 4.69) is 10.2 Å². The molecule has 0 unspecified atom stereocenters. The number of carbonyl (C=O) groups excluding carboxylic acids is 2. The van der Waals surface area contributed by atoms with Gasteiger partial charge in [-0.15, -0.1) is 0 Å². The van der Waals surface area contributed by atoms with Gasteiger partial charge in [0, 0.05) is 30.3 Å². The van der Waals surface area contributed by atoms with Gasteiger partial charge in [0.15, 0.2) is 0 Å². The van der Waals surface area contributed by atoms with E-state index in [0.717, 1.165) is 45.0 Å². The molecule has 0 radical (unpaired) electrons. The van der Waals surface area contributed by atoms with Crippen LogP contribution in [0.2, 0.25) is 5.02 Å². The van der Waals surface area contributed by atoms with Crippen LogP contribution in [0.1, 0.15) is 6.42 Å². The first-order chi connectivity index (χ1) is 14.6. The number of amides is 2. The molecule has 2 bridgehead atoms. The van der Waals surface area contributed by atoms with E-state index in [1.165, 1.54) is 0 Å². The summed E-state index contributed by atoms with van der Waals surface area (Å²) in [5, 5.41) is 3.66. The minimum absolute atomic E-state index is 0.0577. The van der Waals surface area contributed by atoms with E-state index in [-0.39, 0.29) is 17.9 Å². The Labute approximate surface area is 180 Å². The van der Waals surface area contributed by atoms with Crippen molar-refractivity contribution in [2.45, 2.75) is 18.1 Å². The maximum atomic E-state index is 13.3. The molecule has 0 saturated carbocycles. The monoisotopic (exact) mass is 431 g/mol. The third kappa shape index (κ3) is 3.43. The van der Waals surface area contributed by atoms with Crippen LogP contribution < -0.4 is 10.2 Å². The number of hydrogen-bond donors (Lipinski definition) is 1. The second-order valence-electron chi connectivity index (χ2n) is 8.40. The Morgan fingerprint density at radius 3 is 2.77 bits per heavy atom. The Bertz CT molecular complexity index is 854. The van der Waals surface area contributed by atoms with Crippen LogP contribution in [0.4, 0.5) is 5.69 Å². The number of fused-ring (bicyclic) bond motifs is 1. The molecule has 4 aliphatic rings. The maximum Gasteiger partial charge on any atom is 0.234 e. The van der Waals surface area contributed by atoms with Crippen LogP contribution in [0.15, 0.2) is 36.4 Å². The summed E-state index contributed by atoms with van der Waals surface area (Å²) in [6.07, 6.45) is 4.46. The number of rotatable bonds is 6. The van der Waals surface area contributed by atoms with Crippen molar-refractivity contribution in [2.75, 3.05) is 50.8 Å². The molecule has 1 N–H and O–H groups in total. The highest BCUT2D eigenvalue weighted by atomic mass is 35.5. The number of nitrogens with one attached hydrogen (secondary N) is 1. The van der Waals surface area contributed by atoms with Gasteiger partial charge in [0.1, 0.15) is 5.60 Å². The third-order valence-electron chi connectivity index (χ3n) is 6.60. The van der Waals surface area contributed by atoms with E-state index in [1.54, 1.807) is 17.0 Å². The average molecular weight is 432 g/mol. The van der Waals surface area contributed by atoms with Gasteiger partial charge in [0.2, 0.25) is 11.8 Å². The molecular formula is C22H26ClN3O4. The van der Waals surface area contributed by atoms with Crippen molar-refractivity contribution in [1.82, 2.24) is 10.2 Å². The van der Waals surface area contributed by atoms with Gasteiger partial charge in [-0.1, -0.05) is 23.8 Å². The lowest BCUT2D eigenvalue weighted by atomic mass is 9.77. The number of carbonyl (C=O) groups is 2. The highest BCUT2D eigenvalue weighted by molar-refractivity contribution is 6.30. The quantitative estimate of drug-likeness (QED) is 0.545. The lowest BCUT2D eigenvalue weighted by molar-refractivity contribution is -0.131. The van der Waals surface area contributed by atoms with Crippen LogP contribution in [0.3, 0.4) is 0 Å². The van der Waals surface area contributed by atoms with Crippen molar-refractivity contribution in [3.63, 3.8) is 0 Å². The van der Waals surface area contributed by atoms with E-state index in [4.69, 9.17) is 21.1 Å². The fourth-order valence-electron chi connectivity index (χ4n) is 5.09. The van der Waals surface area contributed by atoms with Gasteiger partial charge < -0.3 is 19.7 Å². The lowest BCUT2D eigenvalue weighted by Gasteiger charge is -2.27. The van der Waals surface area contributed by atoms with E-state index in [0.29, 0.717) is 18.1 Å². The minimum atomic E-state index is -0.711. The van der Waals surface area contributed by atoms with Gasteiger partial charge >= 0.3 is 0 Å². The fraction of sp³-hybridized carbons (Fsp3) is 0.545. The molecule has 4 atom stereocenters. The van der Waals surface area contributed by atoms with Crippen molar-refractivity contribution < 1.29 is 19.1 Å². The molecular weight excluding hydrogens is 406 g/mol. The highest BCUT2D eigenvalue weighted by Gasteiger charge is 2.67. The van der Waals surface area contributed by atoms with Crippen LogP contribution >= 0.6 is 11.6 Å². The SMILES string of the molecule is O=C(NCCCN1CCOCC1)[C@@H]1[C@H]2C(=O)N(c3ccc(Cl)cc3)C[C@]23C=C[C@H]1O3. The molecule has 4 heterocycles. The molecule has 8 heteroatoms. The first kappa shape index (κ1) is 20.0. The summed E-state index contributed by atoms with van der Waals surface area (Å²) in [4.78, 5) is 30.4. The molecule has 3 saturated heterocycles. The zero-order chi connectivity index (χ0) is 20.7. The zero-order valence-corrected chi connectivity index (χ0v) is 17.5. The predicted octanol–water partition coefficient (Wildman–Crippen LogP) is 1.46. The van der Waals surface area contributed by atoms with Crippen molar-refractivity contribution in [2.24, 2.45) is 11.8 Å². The molecule has 7 nitrogen and oxygen atoms in total. The molecule has 30 heavy (non-hydrogen) atoms.